The highest BCUT2D eigenvalue weighted by Crippen LogP contribution is 2.31. The van der Waals surface area contributed by atoms with Crippen molar-refractivity contribution in [1.29, 1.82) is 0 Å². The van der Waals surface area contributed by atoms with Crippen LogP contribution in [-0.4, -0.2) is 12.0 Å². The van der Waals surface area contributed by atoms with Crippen LogP contribution >= 0.6 is 11.8 Å². The summed E-state index contributed by atoms with van der Waals surface area (Å²) in [5, 5.41) is 0. The number of benzene rings is 1. The Hall–Kier alpha value is -0.800. The van der Waals surface area contributed by atoms with Crippen molar-refractivity contribution in [3.63, 3.8) is 0 Å². The molecule has 0 aromatic heterocycles. The highest BCUT2D eigenvalue weighted by molar-refractivity contribution is 7.98. The van der Waals surface area contributed by atoms with Crippen LogP contribution in [0.3, 0.4) is 0 Å². The van der Waals surface area contributed by atoms with Crippen molar-refractivity contribution in [1.82, 2.24) is 0 Å². The molecule has 1 aliphatic carbocycles. The Morgan fingerprint density at radius 3 is 3.00 bits per heavy atom. The first kappa shape index (κ1) is 8.78. The van der Waals surface area contributed by atoms with E-state index in [1.807, 2.05) is 24.5 Å². The summed E-state index contributed by atoms with van der Waals surface area (Å²) in [4.78, 5) is 12.6. The van der Waals surface area contributed by atoms with Gasteiger partial charge in [-0.25, -0.2) is 0 Å². The average Bonchev–Trinajstić information content (AvgIpc) is 2.42. The van der Waals surface area contributed by atoms with Crippen molar-refractivity contribution in [3.8, 4) is 0 Å². The van der Waals surface area contributed by atoms with E-state index in [1.54, 1.807) is 11.8 Å². The largest absolute Gasteiger partial charge is 0.324 e. The van der Waals surface area contributed by atoms with Crippen LogP contribution in [-0.2, 0) is 0 Å². The van der Waals surface area contributed by atoms with Gasteiger partial charge in [0.05, 0.1) is 0 Å². The van der Waals surface area contributed by atoms with Crippen molar-refractivity contribution < 1.29 is 4.79 Å². The molecule has 0 radical (unpaired) electrons. The number of nitrogens with two attached hydrogens (primary N) is 1. The van der Waals surface area contributed by atoms with Crippen LogP contribution < -0.4 is 5.73 Å². The molecule has 0 saturated heterocycles. The Labute approximate surface area is 81.5 Å². The molecular formula is C10H11NOS. The SMILES string of the molecule is CSc1ccc2c(c1)[C@@H](N)CC2=O. The molecule has 0 spiro atoms. The molecule has 68 valence electrons. The zero-order valence-corrected chi connectivity index (χ0v) is 8.23. The van der Waals surface area contributed by atoms with Gasteiger partial charge >= 0.3 is 0 Å². The first-order valence-corrected chi connectivity index (χ1v) is 5.41. The van der Waals surface area contributed by atoms with E-state index in [-0.39, 0.29) is 11.8 Å². The lowest BCUT2D eigenvalue weighted by molar-refractivity contribution is 0.0989. The summed E-state index contributed by atoms with van der Waals surface area (Å²) in [7, 11) is 0. The standard InChI is InChI=1S/C10H11NOS/c1-13-6-2-3-7-8(4-6)9(11)5-10(7)12/h2-4,9H,5,11H2,1H3/t9-/m0/s1. The molecule has 0 fully saturated rings. The fourth-order valence-electron chi connectivity index (χ4n) is 1.65. The third kappa shape index (κ3) is 1.38. The van der Waals surface area contributed by atoms with Gasteiger partial charge in [0.15, 0.2) is 5.78 Å². The Morgan fingerprint density at radius 1 is 1.54 bits per heavy atom. The van der Waals surface area contributed by atoms with E-state index < -0.39 is 0 Å². The summed E-state index contributed by atoms with van der Waals surface area (Å²) in [5.74, 6) is 0.176. The zero-order valence-electron chi connectivity index (χ0n) is 7.41. The normalized spacial score (nSPS) is 20.5. The number of hydrogen-bond donors (Lipinski definition) is 1. The summed E-state index contributed by atoms with van der Waals surface area (Å²) in [6.45, 7) is 0. The fraction of sp³-hybridized carbons (Fsp3) is 0.300. The highest BCUT2D eigenvalue weighted by atomic mass is 32.2. The summed E-state index contributed by atoms with van der Waals surface area (Å²) in [6, 6.07) is 5.79. The topological polar surface area (TPSA) is 43.1 Å². The van der Waals surface area contributed by atoms with Crippen LogP contribution in [0, 0.1) is 0 Å². The summed E-state index contributed by atoms with van der Waals surface area (Å²) >= 11 is 1.67. The molecule has 1 aromatic rings. The minimum absolute atomic E-state index is 0.0883. The van der Waals surface area contributed by atoms with E-state index in [0.717, 1.165) is 11.1 Å². The Kier molecular flexibility index (Phi) is 2.14. The highest BCUT2D eigenvalue weighted by Gasteiger charge is 2.26. The predicted molar refractivity (Wildman–Crippen MR) is 54.1 cm³/mol. The number of hydrogen-bond acceptors (Lipinski definition) is 3. The Morgan fingerprint density at radius 2 is 2.31 bits per heavy atom. The lowest BCUT2D eigenvalue weighted by Gasteiger charge is -2.04. The molecule has 0 heterocycles. The minimum Gasteiger partial charge on any atom is -0.324 e. The molecule has 2 nitrogen and oxygen atoms in total. The van der Waals surface area contributed by atoms with Gasteiger partial charge in [-0.2, -0.15) is 0 Å². The van der Waals surface area contributed by atoms with Crippen LogP contribution in [0.1, 0.15) is 28.4 Å². The van der Waals surface area contributed by atoms with Crippen LogP contribution in [0.5, 0.6) is 0 Å². The number of Topliss-reactive ketones (excluding diaryl/α,β-unsaturated/α-hetero) is 1. The van der Waals surface area contributed by atoms with Gasteiger partial charge in [0.25, 0.3) is 0 Å². The Bertz CT molecular complexity index is 362. The number of ketones is 1. The first-order chi connectivity index (χ1) is 6.22. The number of fused-ring (bicyclic) bond motifs is 1. The van der Waals surface area contributed by atoms with E-state index in [1.165, 1.54) is 4.90 Å². The van der Waals surface area contributed by atoms with Crippen LogP contribution in [0.4, 0.5) is 0 Å². The molecule has 0 bridgehead atoms. The van der Waals surface area contributed by atoms with Crippen molar-refractivity contribution in [3.05, 3.63) is 29.3 Å². The number of thioether (sulfide) groups is 1. The molecule has 3 heteroatoms. The lowest BCUT2D eigenvalue weighted by Crippen LogP contribution is -2.05. The van der Waals surface area contributed by atoms with Gasteiger partial charge in [0.1, 0.15) is 0 Å². The molecule has 2 rings (SSSR count). The summed E-state index contributed by atoms with van der Waals surface area (Å²) in [6.07, 6.45) is 2.48. The van der Waals surface area contributed by atoms with Crippen molar-refractivity contribution in [2.75, 3.05) is 6.26 Å². The Balaban J connectivity index is 2.52. The molecule has 0 amide bonds. The van der Waals surface area contributed by atoms with Crippen molar-refractivity contribution >= 4 is 17.5 Å². The van der Waals surface area contributed by atoms with Crippen LogP contribution in [0.2, 0.25) is 0 Å². The molecule has 1 aliphatic rings. The van der Waals surface area contributed by atoms with Gasteiger partial charge in [0.2, 0.25) is 0 Å². The quantitative estimate of drug-likeness (QED) is 0.694. The smallest absolute Gasteiger partial charge is 0.165 e. The maximum atomic E-state index is 11.4. The number of carbonyl (C=O) groups excluding carboxylic acids is 1. The van der Waals surface area contributed by atoms with E-state index in [9.17, 15) is 4.79 Å². The molecule has 0 aliphatic heterocycles. The van der Waals surface area contributed by atoms with Crippen LogP contribution in [0.15, 0.2) is 23.1 Å². The molecule has 2 N–H and O–H groups in total. The van der Waals surface area contributed by atoms with E-state index in [0.29, 0.717) is 6.42 Å². The monoisotopic (exact) mass is 193 g/mol. The van der Waals surface area contributed by atoms with Crippen molar-refractivity contribution in [2.45, 2.75) is 17.4 Å². The maximum Gasteiger partial charge on any atom is 0.165 e. The summed E-state index contributed by atoms with van der Waals surface area (Å²) in [5.41, 5.74) is 7.65. The van der Waals surface area contributed by atoms with Gasteiger partial charge in [-0.3, -0.25) is 4.79 Å². The maximum absolute atomic E-state index is 11.4. The third-order valence-corrected chi connectivity index (χ3v) is 3.09. The van der Waals surface area contributed by atoms with Gasteiger partial charge in [0, 0.05) is 22.9 Å². The third-order valence-electron chi connectivity index (χ3n) is 2.36. The molecular weight excluding hydrogens is 182 g/mol. The summed E-state index contributed by atoms with van der Waals surface area (Å²) < 4.78 is 0. The second kappa shape index (κ2) is 3.16. The molecule has 0 saturated carbocycles. The van der Waals surface area contributed by atoms with E-state index >= 15 is 0 Å². The molecule has 13 heavy (non-hydrogen) atoms. The zero-order chi connectivity index (χ0) is 9.42. The average molecular weight is 193 g/mol. The van der Waals surface area contributed by atoms with Gasteiger partial charge in [-0.1, -0.05) is 0 Å². The minimum atomic E-state index is -0.0883. The lowest BCUT2D eigenvalue weighted by atomic mass is 10.1. The number of rotatable bonds is 1. The van der Waals surface area contributed by atoms with Crippen molar-refractivity contribution in [2.24, 2.45) is 5.73 Å². The van der Waals surface area contributed by atoms with E-state index in [2.05, 4.69) is 0 Å². The second-order valence-corrected chi connectivity index (χ2v) is 4.07. The van der Waals surface area contributed by atoms with E-state index in [4.69, 9.17) is 5.73 Å². The second-order valence-electron chi connectivity index (χ2n) is 3.19. The fourth-order valence-corrected chi connectivity index (χ4v) is 2.10. The molecule has 1 atom stereocenters. The van der Waals surface area contributed by atoms with Crippen LogP contribution in [0.25, 0.3) is 0 Å². The first-order valence-electron chi connectivity index (χ1n) is 4.19. The predicted octanol–water partition coefficient (Wildman–Crippen LogP) is 1.99. The van der Waals surface area contributed by atoms with Gasteiger partial charge in [-0.15, -0.1) is 11.8 Å². The van der Waals surface area contributed by atoms with Gasteiger partial charge < -0.3 is 5.73 Å². The van der Waals surface area contributed by atoms with Gasteiger partial charge in [-0.05, 0) is 30.0 Å². The number of carbonyl (C=O) groups is 1. The molecule has 1 aromatic carbocycles. The molecule has 0 unspecified atom stereocenters.